The van der Waals surface area contributed by atoms with Crippen LogP contribution in [0.3, 0.4) is 0 Å². The summed E-state index contributed by atoms with van der Waals surface area (Å²) in [7, 11) is 1.89. The SMILES string of the molecule is CC(C)C(CO)COP(=O)(O)OCC[N+](C)(C)C. The fraction of sp³-hybridized carbons (Fsp3) is 1.00. The molecule has 0 saturated heterocycles. The molecule has 0 fully saturated rings. The quantitative estimate of drug-likeness (QED) is 0.489. The Labute approximate surface area is 110 Å². The third-order valence-corrected chi connectivity index (χ3v) is 3.63. The van der Waals surface area contributed by atoms with E-state index in [1.807, 2.05) is 35.0 Å². The second kappa shape index (κ2) is 7.58. The molecule has 0 heterocycles. The van der Waals surface area contributed by atoms with E-state index in [4.69, 9.17) is 14.2 Å². The first-order valence-electron chi connectivity index (χ1n) is 6.10. The molecule has 0 aromatic heterocycles. The Balaban J connectivity index is 4.04. The highest BCUT2D eigenvalue weighted by molar-refractivity contribution is 7.47. The fourth-order valence-electron chi connectivity index (χ4n) is 1.11. The van der Waals surface area contributed by atoms with Crippen molar-refractivity contribution in [3.63, 3.8) is 0 Å². The molecule has 2 unspecified atom stereocenters. The lowest BCUT2D eigenvalue weighted by molar-refractivity contribution is -0.870. The Morgan fingerprint density at radius 2 is 1.78 bits per heavy atom. The summed E-state index contributed by atoms with van der Waals surface area (Å²) in [5, 5.41) is 9.08. The molecule has 6 nitrogen and oxygen atoms in total. The fourth-order valence-corrected chi connectivity index (χ4v) is 1.88. The van der Waals surface area contributed by atoms with Crippen molar-refractivity contribution in [3.8, 4) is 0 Å². The van der Waals surface area contributed by atoms with Gasteiger partial charge in [-0.05, 0) is 5.92 Å². The number of aliphatic hydroxyl groups is 1. The summed E-state index contributed by atoms with van der Waals surface area (Å²) in [5.74, 6) is 0.0220. The number of rotatable bonds is 9. The Morgan fingerprint density at radius 3 is 2.17 bits per heavy atom. The van der Waals surface area contributed by atoms with E-state index >= 15 is 0 Å². The lowest BCUT2D eigenvalue weighted by atomic mass is 9.98. The second-order valence-electron chi connectivity index (χ2n) is 5.80. The van der Waals surface area contributed by atoms with Crippen molar-refractivity contribution < 1.29 is 28.1 Å². The molecule has 0 aromatic rings. The highest BCUT2D eigenvalue weighted by Crippen LogP contribution is 2.43. The first-order chi connectivity index (χ1) is 8.07. The van der Waals surface area contributed by atoms with Crippen LogP contribution in [0.15, 0.2) is 0 Å². The van der Waals surface area contributed by atoms with Crippen LogP contribution in [0.4, 0.5) is 0 Å². The number of aliphatic hydroxyl groups excluding tert-OH is 1. The van der Waals surface area contributed by atoms with Gasteiger partial charge in [0.1, 0.15) is 13.2 Å². The van der Waals surface area contributed by atoms with Gasteiger partial charge in [0.05, 0.1) is 27.7 Å². The Hall–Kier alpha value is 0.0300. The van der Waals surface area contributed by atoms with Gasteiger partial charge in [0.15, 0.2) is 0 Å². The number of phosphoric acid groups is 1. The molecular formula is C11H27NO5P+. The second-order valence-corrected chi connectivity index (χ2v) is 7.25. The number of phosphoric ester groups is 1. The number of nitrogens with zero attached hydrogens (tertiary/aromatic N) is 1. The van der Waals surface area contributed by atoms with E-state index in [0.29, 0.717) is 11.0 Å². The van der Waals surface area contributed by atoms with Crippen LogP contribution in [-0.4, -0.2) is 62.0 Å². The highest BCUT2D eigenvalue weighted by Gasteiger charge is 2.25. The topological polar surface area (TPSA) is 76.0 Å². The van der Waals surface area contributed by atoms with Crippen LogP contribution in [-0.2, 0) is 13.6 Å². The number of hydrogen-bond acceptors (Lipinski definition) is 4. The molecule has 2 atom stereocenters. The molecule has 0 rings (SSSR count). The van der Waals surface area contributed by atoms with Crippen LogP contribution in [0.25, 0.3) is 0 Å². The normalized spacial score (nSPS) is 17.8. The number of quaternary nitrogens is 1. The molecular weight excluding hydrogens is 257 g/mol. The van der Waals surface area contributed by atoms with Gasteiger partial charge < -0.3 is 14.5 Å². The van der Waals surface area contributed by atoms with Gasteiger partial charge in [0.2, 0.25) is 0 Å². The van der Waals surface area contributed by atoms with Crippen LogP contribution in [0.1, 0.15) is 13.8 Å². The van der Waals surface area contributed by atoms with Gasteiger partial charge in [0, 0.05) is 12.5 Å². The third-order valence-electron chi connectivity index (χ3n) is 2.65. The van der Waals surface area contributed by atoms with Crippen LogP contribution in [0.2, 0.25) is 0 Å². The Morgan fingerprint density at radius 1 is 1.22 bits per heavy atom. The van der Waals surface area contributed by atoms with E-state index in [1.54, 1.807) is 0 Å². The molecule has 0 amide bonds. The van der Waals surface area contributed by atoms with Crippen molar-refractivity contribution in [2.75, 3.05) is 47.5 Å². The Kier molecular flexibility index (Phi) is 7.59. The largest absolute Gasteiger partial charge is 0.472 e. The molecule has 0 aliphatic heterocycles. The van der Waals surface area contributed by atoms with Crippen LogP contribution < -0.4 is 0 Å². The van der Waals surface area contributed by atoms with Crippen molar-refractivity contribution >= 4 is 7.82 Å². The lowest BCUT2D eigenvalue weighted by Crippen LogP contribution is -2.37. The molecule has 0 aromatic carbocycles. The molecule has 0 aliphatic carbocycles. The molecule has 2 N–H and O–H groups in total. The summed E-state index contributed by atoms with van der Waals surface area (Å²) in [6.45, 7) is 4.56. The minimum atomic E-state index is -4.01. The maximum absolute atomic E-state index is 11.6. The summed E-state index contributed by atoms with van der Waals surface area (Å²) < 4.78 is 22.0. The van der Waals surface area contributed by atoms with E-state index in [1.165, 1.54) is 0 Å². The molecule has 7 heteroatoms. The van der Waals surface area contributed by atoms with Crippen LogP contribution in [0, 0.1) is 11.8 Å². The first-order valence-corrected chi connectivity index (χ1v) is 7.60. The van der Waals surface area contributed by atoms with Gasteiger partial charge in [-0.25, -0.2) is 4.57 Å². The van der Waals surface area contributed by atoms with Gasteiger partial charge in [-0.3, -0.25) is 9.05 Å². The van der Waals surface area contributed by atoms with Gasteiger partial charge in [-0.2, -0.15) is 0 Å². The third kappa shape index (κ3) is 9.03. The van der Waals surface area contributed by atoms with E-state index in [0.717, 1.165) is 0 Å². The lowest BCUT2D eigenvalue weighted by Gasteiger charge is -2.24. The van der Waals surface area contributed by atoms with Gasteiger partial charge in [-0.15, -0.1) is 0 Å². The minimum absolute atomic E-state index is 0.0202. The first kappa shape index (κ1) is 18.0. The standard InChI is InChI=1S/C11H26NO5P/c1-10(2)11(8-13)9-17-18(14,15)16-7-6-12(3,4)5/h10-11,13H,6-9H2,1-5H3/p+1. The molecule has 0 saturated carbocycles. The van der Waals surface area contributed by atoms with E-state index < -0.39 is 7.82 Å². The molecule has 18 heavy (non-hydrogen) atoms. The molecule has 110 valence electrons. The van der Waals surface area contributed by atoms with Gasteiger partial charge in [-0.1, -0.05) is 13.8 Å². The highest BCUT2D eigenvalue weighted by atomic mass is 31.2. The van der Waals surface area contributed by atoms with Crippen molar-refractivity contribution in [2.45, 2.75) is 13.8 Å². The smallest absolute Gasteiger partial charge is 0.396 e. The Bertz CT molecular complexity index is 277. The van der Waals surface area contributed by atoms with Crippen LogP contribution >= 0.6 is 7.82 Å². The maximum atomic E-state index is 11.6. The van der Waals surface area contributed by atoms with Crippen molar-refractivity contribution in [3.05, 3.63) is 0 Å². The summed E-state index contributed by atoms with van der Waals surface area (Å²) in [6.07, 6.45) is 0. The van der Waals surface area contributed by atoms with Gasteiger partial charge in [0.25, 0.3) is 0 Å². The molecule has 0 bridgehead atoms. The molecule has 0 radical (unpaired) electrons. The summed E-state index contributed by atoms with van der Waals surface area (Å²) in [6, 6.07) is 0. The van der Waals surface area contributed by atoms with Gasteiger partial charge >= 0.3 is 7.82 Å². The zero-order chi connectivity index (χ0) is 14.4. The average molecular weight is 284 g/mol. The number of hydrogen-bond donors (Lipinski definition) is 2. The molecule has 0 spiro atoms. The summed E-state index contributed by atoms with van der Waals surface area (Å²) >= 11 is 0. The average Bonchev–Trinajstić information content (AvgIpc) is 2.15. The predicted octanol–water partition coefficient (Wildman–Crippen LogP) is 1.09. The van der Waals surface area contributed by atoms with E-state index in [-0.39, 0.29) is 31.7 Å². The van der Waals surface area contributed by atoms with Crippen molar-refractivity contribution in [2.24, 2.45) is 11.8 Å². The zero-order valence-electron chi connectivity index (χ0n) is 12.0. The van der Waals surface area contributed by atoms with Crippen molar-refractivity contribution in [1.29, 1.82) is 0 Å². The van der Waals surface area contributed by atoms with E-state index in [9.17, 15) is 9.46 Å². The summed E-state index contributed by atoms with van der Waals surface area (Å²) in [5.41, 5.74) is 0. The monoisotopic (exact) mass is 284 g/mol. The van der Waals surface area contributed by atoms with E-state index in [2.05, 4.69) is 0 Å². The zero-order valence-corrected chi connectivity index (χ0v) is 12.9. The number of likely N-dealkylation sites (N-methyl/N-ethyl adjacent to an activating group) is 1. The summed E-state index contributed by atoms with van der Waals surface area (Å²) in [4.78, 5) is 9.46. The van der Waals surface area contributed by atoms with Crippen LogP contribution in [0.5, 0.6) is 0 Å². The predicted molar refractivity (Wildman–Crippen MR) is 70.0 cm³/mol. The van der Waals surface area contributed by atoms with Crippen molar-refractivity contribution in [1.82, 2.24) is 0 Å². The molecule has 0 aliphatic rings. The minimum Gasteiger partial charge on any atom is -0.396 e. The maximum Gasteiger partial charge on any atom is 0.472 e.